The number of hydrogen-bond acceptors (Lipinski definition) is 5. The second-order valence-corrected chi connectivity index (χ2v) is 2.90. The van der Waals surface area contributed by atoms with Crippen molar-refractivity contribution in [2.45, 2.75) is 12.2 Å². The molecule has 0 aliphatic rings. The summed E-state index contributed by atoms with van der Waals surface area (Å²) >= 11 is 0. The predicted octanol–water partition coefficient (Wildman–Crippen LogP) is -1.06. The summed E-state index contributed by atoms with van der Waals surface area (Å²) in [6.07, 6.45) is -1.86. The van der Waals surface area contributed by atoms with Gasteiger partial charge in [0.1, 0.15) is 6.10 Å². The Balaban J connectivity index is 2.89. The highest BCUT2D eigenvalue weighted by Gasteiger charge is 2.26. The Morgan fingerprint density at radius 1 is 1.53 bits per heavy atom. The number of carbonyl (C=O) groups is 1. The average molecular weight is 213 g/mol. The zero-order valence-electron chi connectivity index (χ0n) is 8.01. The van der Waals surface area contributed by atoms with E-state index in [1.165, 1.54) is 12.3 Å². The van der Waals surface area contributed by atoms with Crippen molar-refractivity contribution < 1.29 is 19.7 Å². The minimum absolute atomic E-state index is 0.150. The van der Waals surface area contributed by atoms with Gasteiger partial charge in [0.2, 0.25) is 5.56 Å². The van der Waals surface area contributed by atoms with Crippen LogP contribution in [0.3, 0.4) is 0 Å². The third-order valence-electron chi connectivity index (χ3n) is 1.88. The second kappa shape index (κ2) is 4.72. The van der Waals surface area contributed by atoms with E-state index in [4.69, 9.17) is 0 Å². The first kappa shape index (κ1) is 11.4. The zero-order chi connectivity index (χ0) is 11.4. The number of nitrogens with one attached hydrogen (secondary N) is 1. The number of hydrogen-bond donors (Lipinski definition) is 3. The number of esters is 1. The van der Waals surface area contributed by atoms with Crippen molar-refractivity contribution in [3.63, 3.8) is 0 Å². The molecule has 0 amide bonds. The molecule has 3 N–H and O–H groups in total. The summed E-state index contributed by atoms with van der Waals surface area (Å²) < 4.78 is 4.25. The first-order valence-corrected chi connectivity index (χ1v) is 4.19. The maximum absolute atomic E-state index is 10.9. The van der Waals surface area contributed by atoms with Crippen LogP contribution in [0.4, 0.5) is 0 Å². The lowest BCUT2D eigenvalue weighted by Crippen LogP contribution is -2.29. The molecule has 1 aromatic heterocycles. The van der Waals surface area contributed by atoms with Crippen molar-refractivity contribution in [3.05, 3.63) is 34.2 Å². The standard InChI is InChI=1S/C9H11NO5/c1-15-9(14)8(13)7(12)5-2-3-10-6(11)4-5/h2-4,7-8,12-13H,1H3,(H,10,11). The summed E-state index contributed by atoms with van der Waals surface area (Å²) in [5.41, 5.74) is -0.278. The molecule has 0 fully saturated rings. The van der Waals surface area contributed by atoms with Gasteiger partial charge >= 0.3 is 5.97 Å². The van der Waals surface area contributed by atoms with Crippen LogP contribution in [0, 0.1) is 0 Å². The molecule has 1 rings (SSSR count). The van der Waals surface area contributed by atoms with E-state index >= 15 is 0 Å². The predicted molar refractivity (Wildman–Crippen MR) is 50.0 cm³/mol. The van der Waals surface area contributed by atoms with Gasteiger partial charge in [-0.3, -0.25) is 4.79 Å². The van der Waals surface area contributed by atoms with Gasteiger partial charge in [0.25, 0.3) is 0 Å². The molecule has 2 unspecified atom stereocenters. The van der Waals surface area contributed by atoms with Crippen LogP contribution >= 0.6 is 0 Å². The lowest BCUT2D eigenvalue weighted by atomic mass is 10.1. The van der Waals surface area contributed by atoms with E-state index < -0.39 is 23.7 Å². The summed E-state index contributed by atoms with van der Waals surface area (Å²) in [6, 6.07) is 2.48. The molecule has 0 bridgehead atoms. The molecule has 15 heavy (non-hydrogen) atoms. The smallest absolute Gasteiger partial charge is 0.337 e. The molecule has 0 aliphatic carbocycles. The summed E-state index contributed by atoms with van der Waals surface area (Å²) in [5, 5.41) is 18.8. The van der Waals surface area contributed by atoms with Crippen molar-refractivity contribution in [1.29, 1.82) is 0 Å². The van der Waals surface area contributed by atoms with Crippen LogP contribution in [-0.4, -0.2) is 34.4 Å². The van der Waals surface area contributed by atoms with Crippen LogP contribution in [0.1, 0.15) is 11.7 Å². The van der Waals surface area contributed by atoms with E-state index in [1.807, 2.05) is 0 Å². The van der Waals surface area contributed by atoms with E-state index in [9.17, 15) is 19.8 Å². The molecule has 0 aliphatic heterocycles. The number of rotatable bonds is 3. The Labute approximate surface area is 85.1 Å². The van der Waals surface area contributed by atoms with Crippen LogP contribution in [0.15, 0.2) is 23.1 Å². The van der Waals surface area contributed by atoms with Crippen LogP contribution in [-0.2, 0) is 9.53 Å². The quantitative estimate of drug-likeness (QED) is 0.556. The van der Waals surface area contributed by atoms with Gasteiger partial charge in [0.15, 0.2) is 6.10 Å². The van der Waals surface area contributed by atoms with Gasteiger partial charge < -0.3 is 19.9 Å². The molecule has 0 aromatic carbocycles. The number of pyridine rings is 1. The molecule has 0 saturated heterocycles. The number of carbonyl (C=O) groups excluding carboxylic acids is 1. The van der Waals surface area contributed by atoms with E-state index in [0.717, 1.165) is 13.2 Å². The van der Waals surface area contributed by atoms with Crippen molar-refractivity contribution >= 4 is 5.97 Å². The molecule has 82 valence electrons. The fourth-order valence-electron chi connectivity index (χ4n) is 1.08. The number of methoxy groups -OCH3 is 1. The molecule has 0 saturated carbocycles. The third-order valence-corrected chi connectivity index (χ3v) is 1.88. The van der Waals surface area contributed by atoms with Crippen molar-refractivity contribution in [2.75, 3.05) is 7.11 Å². The first-order valence-electron chi connectivity index (χ1n) is 4.19. The van der Waals surface area contributed by atoms with E-state index in [-0.39, 0.29) is 5.56 Å². The minimum atomic E-state index is -1.70. The molecular weight excluding hydrogens is 202 g/mol. The van der Waals surface area contributed by atoms with Gasteiger partial charge in [-0.1, -0.05) is 0 Å². The lowest BCUT2D eigenvalue weighted by molar-refractivity contribution is -0.156. The van der Waals surface area contributed by atoms with Gasteiger partial charge in [0, 0.05) is 12.3 Å². The molecular formula is C9H11NO5. The Bertz CT molecular complexity index is 399. The maximum atomic E-state index is 10.9. The topological polar surface area (TPSA) is 99.6 Å². The highest BCUT2D eigenvalue weighted by Crippen LogP contribution is 2.15. The largest absolute Gasteiger partial charge is 0.467 e. The summed E-state index contributed by atoms with van der Waals surface area (Å²) in [4.78, 5) is 24.1. The molecule has 1 aromatic rings. The fourth-order valence-corrected chi connectivity index (χ4v) is 1.08. The second-order valence-electron chi connectivity index (χ2n) is 2.90. The Morgan fingerprint density at radius 2 is 2.20 bits per heavy atom. The third kappa shape index (κ3) is 2.64. The highest BCUT2D eigenvalue weighted by molar-refractivity contribution is 5.75. The average Bonchev–Trinajstić information content (AvgIpc) is 2.26. The minimum Gasteiger partial charge on any atom is -0.467 e. The number of aromatic nitrogens is 1. The molecule has 6 heteroatoms. The summed E-state index contributed by atoms with van der Waals surface area (Å²) in [7, 11) is 1.09. The molecule has 6 nitrogen and oxygen atoms in total. The van der Waals surface area contributed by atoms with Crippen LogP contribution < -0.4 is 5.56 Å². The van der Waals surface area contributed by atoms with Crippen LogP contribution in [0.2, 0.25) is 0 Å². The van der Waals surface area contributed by atoms with Gasteiger partial charge in [-0.25, -0.2) is 4.79 Å². The molecule has 1 heterocycles. The lowest BCUT2D eigenvalue weighted by Gasteiger charge is -2.15. The van der Waals surface area contributed by atoms with E-state index in [2.05, 4.69) is 9.72 Å². The highest BCUT2D eigenvalue weighted by atomic mass is 16.5. The van der Waals surface area contributed by atoms with Crippen LogP contribution in [0.5, 0.6) is 0 Å². The normalized spacial score (nSPS) is 14.3. The monoisotopic (exact) mass is 213 g/mol. The van der Waals surface area contributed by atoms with E-state index in [0.29, 0.717) is 0 Å². The number of H-pyrrole nitrogens is 1. The SMILES string of the molecule is COC(=O)C(O)C(O)c1cc[nH]c(=O)c1. The Kier molecular flexibility index (Phi) is 3.59. The Hall–Kier alpha value is -1.66. The zero-order valence-corrected chi connectivity index (χ0v) is 8.01. The number of aliphatic hydroxyl groups is 2. The van der Waals surface area contributed by atoms with Gasteiger partial charge in [0.05, 0.1) is 7.11 Å². The van der Waals surface area contributed by atoms with Gasteiger partial charge in [-0.15, -0.1) is 0 Å². The van der Waals surface area contributed by atoms with Gasteiger partial charge in [-0.05, 0) is 11.6 Å². The van der Waals surface area contributed by atoms with Gasteiger partial charge in [-0.2, -0.15) is 0 Å². The number of aromatic amines is 1. The number of ether oxygens (including phenoxy) is 1. The number of aliphatic hydroxyl groups excluding tert-OH is 2. The van der Waals surface area contributed by atoms with Crippen molar-refractivity contribution in [3.8, 4) is 0 Å². The van der Waals surface area contributed by atoms with Crippen molar-refractivity contribution in [2.24, 2.45) is 0 Å². The maximum Gasteiger partial charge on any atom is 0.337 e. The van der Waals surface area contributed by atoms with Crippen LogP contribution in [0.25, 0.3) is 0 Å². The summed E-state index contributed by atoms with van der Waals surface area (Å²) in [6.45, 7) is 0. The van der Waals surface area contributed by atoms with Crippen molar-refractivity contribution in [1.82, 2.24) is 4.98 Å². The fraction of sp³-hybridized carbons (Fsp3) is 0.333. The first-order chi connectivity index (χ1) is 7.06. The molecule has 2 atom stereocenters. The molecule has 0 radical (unpaired) electrons. The van der Waals surface area contributed by atoms with E-state index in [1.54, 1.807) is 0 Å². The Morgan fingerprint density at radius 3 is 2.73 bits per heavy atom. The molecule has 0 spiro atoms. The summed E-state index contributed by atoms with van der Waals surface area (Å²) in [5.74, 6) is -0.956.